The van der Waals surface area contributed by atoms with Crippen LogP contribution in [0.4, 0.5) is 26.3 Å². The van der Waals surface area contributed by atoms with Gasteiger partial charge in [0.1, 0.15) is 18.1 Å². The number of hydrogen-bond acceptors (Lipinski definition) is 4. The zero-order valence-corrected chi connectivity index (χ0v) is 15.2. The van der Waals surface area contributed by atoms with Crippen LogP contribution >= 0.6 is 0 Å². The molecule has 0 saturated carbocycles. The second-order valence-corrected chi connectivity index (χ2v) is 5.91. The monoisotopic (exact) mass is 424 g/mol. The van der Waals surface area contributed by atoms with Gasteiger partial charge in [-0.1, -0.05) is 24.3 Å². The largest absolute Gasteiger partial charge is 0.497 e. The summed E-state index contributed by atoms with van der Waals surface area (Å²) in [6.45, 7) is -1.45. The van der Waals surface area contributed by atoms with E-state index in [2.05, 4.69) is 4.74 Å². The van der Waals surface area contributed by atoms with Crippen LogP contribution in [0.2, 0.25) is 0 Å². The average molecular weight is 424 g/mol. The summed E-state index contributed by atoms with van der Waals surface area (Å²) in [6.07, 6.45) is -11.6. The Labute approximate surface area is 162 Å². The van der Waals surface area contributed by atoms with E-state index in [9.17, 15) is 26.3 Å². The minimum absolute atomic E-state index is 0.0104. The van der Waals surface area contributed by atoms with Gasteiger partial charge in [-0.2, -0.15) is 26.3 Å². The van der Waals surface area contributed by atoms with Crippen LogP contribution in [0, 0.1) is 0 Å². The molecule has 0 bridgehead atoms. The highest BCUT2D eigenvalue weighted by atomic mass is 19.4. The SMILES string of the molecule is COc1ccc(COC(c2ccc(OCCO)cc2)(C(F)(F)F)C(F)(F)F)cc1. The van der Waals surface area contributed by atoms with Gasteiger partial charge in [0, 0.05) is 5.56 Å². The highest BCUT2D eigenvalue weighted by molar-refractivity contribution is 5.34. The standard InChI is InChI=1S/C19H18F6O4/c1-27-15-6-2-13(3-7-15)12-29-17(18(20,21)22,19(23,24)25)14-4-8-16(9-5-14)28-11-10-26/h2-9,26H,10-12H2,1H3. The number of aliphatic hydroxyl groups is 1. The molecule has 1 N–H and O–H groups in total. The molecular formula is C19H18F6O4. The van der Waals surface area contributed by atoms with Crippen LogP contribution in [0.5, 0.6) is 11.5 Å². The molecule has 0 radical (unpaired) electrons. The van der Waals surface area contributed by atoms with Gasteiger partial charge in [-0.25, -0.2) is 0 Å². The molecule has 2 aromatic carbocycles. The van der Waals surface area contributed by atoms with E-state index in [4.69, 9.17) is 14.6 Å². The first-order valence-corrected chi connectivity index (χ1v) is 8.29. The van der Waals surface area contributed by atoms with Crippen molar-refractivity contribution in [3.63, 3.8) is 0 Å². The van der Waals surface area contributed by atoms with Gasteiger partial charge in [0.2, 0.25) is 0 Å². The fourth-order valence-corrected chi connectivity index (χ4v) is 2.60. The Morgan fingerprint density at radius 3 is 1.76 bits per heavy atom. The first-order chi connectivity index (χ1) is 13.5. The summed E-state index contributed by atoms with van der Waals surface area (Å²) < 4.78 is 97.0. The maximum absolute atomic E-state index is 13.8. The molecule has 0 heterocycles. The molecule has 0 spiro atoms. The van der Waals surface area contributed by atoms with Crippen molar-refractivity contribution in [2.75, 3.05) is 20.3 Å². The number of methoxy groups -OCH3 is 1. The molecule has 10 heteroatoms. The number of benzene rings is 2. The van der Waals surface area contributed by atoms with Gasteiger partial charge in [-0.05, 0) is 29.8 Å². The van der Waals surface area contributed by atoms with Crippen LogP contribution in [-0.2, 0) is 16.9 Å². The number of hydrogen-bond donors (Lipinski definition) is 1. The molecule has 0 unspecified atom stereocenters. The van der Waals surface area contributed by atoms with Crippen LogP contribution in [0.1, 0.15) is 11.1 Å². The third-order valence-electron chi connectivity index (χ3n) is 4.03. The van der Waals surface area contributed by atoms with E-state index in [1.165, 1.54) is 31.4 Å². The van der Waals surface area contributed by atoms with Gasteiger partial charge in [0.25, 0.3) is 5.60 Å². The quantitative estimate of drug-likeness (QED) is 0.630. The van der Waals surface area contributed by atoms with Crippen molar-refractivity contribution in [2.45, 2.75) is 24.6 Å². The molecule has 160 valence electrons. The van der Waals surface area contributed by atoms with Crippen LogP contribution in [0.25, 0.3) is 0 Å². The van der Waals surface area contributed by atoms with E-state index in [1.807, 2.05) is 0 Å². The third kappa shape index (κ3) is 4.94. The van der Waals surface area contributed by atoms with Gasteiger partial charge in [-0.15, -0.1) is 0 Å². The fraction of sp³-hybridized carbons (Fsp3) is 0.368. The average Bonchev–Trinajstić information content (AvgIpc) is 2.66. The Hall–Kier alpha value is -2.46. The summed E-state index contributed by atoms with van der Waals surface area (Å²) in [6, 6.07) is 8.60. The summed E-state index contributed by atoms with van der Waals surface area (Å²) in [5.41, 5.74) is -5.57. The Bertz CT molecular complexity index is 755. The van der Waals surface area contributed by atoms with Crippen molar-refractivity contribution in [3.8, 4) is 11.5 Å². The molecule has 0 aromatic heterocycles. The molecule has 0 aliphatic rings. The fourth-order valence-electron chi connectivity index (χ4n) is 2.60. The number of aliphatic hydroxyl groups excluding tert-OH is 1. The van der Waals surface area contributed by atoms with Crippen molar-refractivity contribution in [1.29, 1.82) is 0 Å². The van der Waals surface area contributed by atoms with Crippen molar-refractivity contribution in [1.82, 2.24) is 0 Å². The minimum Gasteiger partial charge on any atom is -0.497 e. The predicted octanol–water partition coefficient (Wildman–Crippen LogP) is 4.60. The van der Waals surface area contributed by atoms with Gasteiger partial charge >= 0.3 is 12.4 Å². The molecule has 0 fully saturated rings. The summed E-state index contributed by atoms with van der Waals surface area (Å²) in [7, 11) is 1.37. The first-order valence-electron chi connectivity index (χ1n) is 8.29. The van der Waals surface area contributed by atoms with Crippen LogP contribution in [0.15, 0.2) is 48.5 Å². The van der Waals surface area contributed by atoms with Gasteiger partial charge < -0.3 is 19.3 Å². The van der Waals surface area contributed by atoms with Gasteiger partial charge in [0.15, 0.2) is 0 Å². The zero-order chi connectivity index (χ0) is 21.7. The lowest BCUT2D eigenvalue weighted by Crippen LogP contribution is -2.55. The lowest BCUT2D eigenvalue weighted by molar-refractivity contribution is -0.392. The maximum Gasteiger partial charge on any atom is 0.430 e. The first kappa shape index (κ1) is 22.8. The summed E-state index contributed by atoms with van der Waals surface area (Å²) in [5.74, 6) is 0.404. The normalized spacial score (nSPS) is 12.7. The molecule has 0 aliphatic heterocycles. The van der Waals surface area contributed by atoms with Gasteiger partial charge in [-0.3, -0.25) is 0 Å². The lowest BCUT2D eigenvalue weighted by atomic mass is 9.91. The minimum atomic E-state index is -5.79. The lowest BCUT2D eigenvalue weighted by Gasteiger charge is -2.37. The van der Waals surface area contributed by atoms with E-state index >= 15 is 0 Å². The number of ether oxygens (including phenoxy) is 3. The number of rotatable bonds is 8. The van der Waals surface area contributed by atoms with E-state index in [0.717, 1.165) is 12.1 Å². The molecule has 0 aliphatic carbocycles. The summed E-state index contributed by atoms with van der Waals surface area (Å²) in [4.78, 5) is 0. The number of halogens is 6. The Kier molecular flexibility index (Phi) is 7.02. The number of alkyl halides is 6. The maximum atomic E-state index is 13.8. The molecule has 4 nitrogen and oxygen atoms in total. The third-order valence-corrected chi connectivity index (χ3v) is 4.03. The van der Waals surface area contributed by atoms with Crippen molar-refractivity contribution >= 4 is 0 Å². The molecule has 0 amide bonds. The van der Waals surface area contributed by atoms with E-state index in [-0.39, 0.29) is 24.5 Å². The van der Waals surface area contributed by atoms with E-state index in [1.54, 1.807) is 0 Å². The summed E-state index contributed by atoms with van der Waals surface area (Å²) >= 11 is 0. The second kappa shape index (κ2) is 8.91. The van der Waals surface area contributed by atoms with Crippen LogP contribution in [-0.4, -0.2) is 37.8 Å². The zero-order valence-electron chi connectivity index (χ0n) is 15.2. The topological polar surface area (TPSA) is 47.9 Å². The van der Waals surface area contributed by atoms with Crippen molar-refractivity contribution in [2.24, 2.45) is 0 Å². The Morgan fingerprint density at radius 1 is 0.793 bits per heavy atom. The van der Waals surface area contributed by atoms with E-state index < -0.39 is 30.1 Å². The van der Waals surface area contributed by atoms with Crippen LogP contribution < -0.4 is 9.47 Å². The molecule has 29 heavy (non-hydrogen) atoms. The van der Waals surface area contributed by atoms with Crippen LogP contribution in [0.3, 0.4) is 0 Å². The van der Waals surface area contributed by atoms with E-state index in [0.29, 0.717) is 17.9 Å². The molecule has 0 atom stereocenters. The Morgan fingerprint density at radius 2 is 1.31 bits per heavy atom. The molecule has 2 rings (SSSR count). The van der Waals surface area contributed by atoms with Crippen molar-refractivity contribution < 1.29 is 45.7 Å². The molecule has 2 aromatic rings. The van der Waals surface area contributed by atoms with Gasteiger partial charge in [0.05, 0.1) is 20.3 Å². The highest BCUT2D eigenvalue weighted by Crippen LogP contribution is 2.53. The smallest absolute Gasteiger partial charge is 0.430 e. The highest BCUT2D eigenvalue weighted by Gasteiger charge is 2.73. The molecular weight excluding hydrogens is 406 g/mol. The Balaban J connectivity index is 2.42. The second-order valence-electron chi connectivity index (χ2n) is 5.91. The van der Waals surface area contributed by atoms with Crippen molar-refractivity contribution in [3.05, 3.63) is 59.7 Å². The summed E-state index contributed by atoms with van der Waals surface area (Å²) in [5, 5.41) is 8.69. The predicted molar refractivity (Wildman–Crippen MR) is 90.6 cm³/mol. The molecule has 0 saturated heterocycles.